The molecule has 1 atom stereocenters. The molecule has 1 aromatic rings. The van der Waals surface area contributed by atoms with E-state index in [2.05, 4.69) is 43.1 Å². The van der Waals surface area contributed by atoms with Crippen molar-refractivity contribution >= 4 is 0 Å². The molecular formula is C17H28N2O2. The van der Waals surface area contributed by atoms with Crippen molar-refractivity contribution in [2.75, 3.05) is 33.4 Å². The summed E-state index contributed by atoms with van der Waals surface area (Å²) in [7, 11) is 2.02. The first-order valence-electron chi connectivity index (χ1n) is 7.96. The average Bonchev–Trinajstić information content (AvgIpc) is 2.50. The van der Waals surface area contributed by atoms with E-state index in [4.69, 9.17) is 9.47 Å². The van der Waals surface area contributed by atoms with Gasteiger partial charge in [0, 0.05) is 18.6 Å². The first kappa shape index (κ1) is 16.1. The van der Waals surface area contributed by atoms with Gasteiger partial charge in [0.25, 0.3) is 0 Å². The van der Waals surface area contributed by atoms with Gasteiger partial charge in [-0.15, -0.1) is 0 Å². The van der Waals surface area contributed by atoms with E-state index in [-0.39, 0.29) is 0 Å². The van der Waals surface area contributed by atoms with Crippen LogP contribution in [0.15, 0.2) is 18.2 Å². The number of fused-ring (bicyclic) bond motifs is 1. The summed E-state index contributed by atoms with van der Waals surface area (Å²) in [6.07, 6.45) is 1.18. The Balaban J connectivity index is 2.13. The third-order valence-corrected chi connectivity index (χ3v) is 3.98. The smallest absolute Gasteiger partial charge is 0.161 e. The molecule has 1 aliphatic rings. The van der Waals surface area contributed by atoms with Gasteiger partial charge in [-0.25, -0.2) is 0 Å². The van der Waals surface area contributed by atoms with Gasteiger partial charge in [-0.05, 0) is 51.6 Å². The quantitative estimate of drug-likeness (QED) is 0.838. The standard InChI is InChI=1S/C17H28N2O2/c1-5-8-19(13(2)3)12-15(18-4)14-6-7-16-17(11-14)21-10-9-20-16/h6-7,11,13,15,18H,5,8-10,12H2,1-4H3. The van der Waals surface area contributed by atoms with Crippen LogP contribution in [0.4, 0.5) is 0 Å². The van der Waals surface area contributed by atoms with E-state index < -0.39 is 0 Å². The fraction of sp³-hybridized carbons (Fsp3) is 0.647. The Morgan fingerprint density at radius 1 is 1.19 bits per heavy atom. The summed E-state index contributed by atoms with van der Waals surface area (Å²) in [5, 5.41) is 3.43. The molecule has 118 valence electrons. The molecule has 21 heavy (non-hydrogen) atoms. The summed E-state index contributed by atoms with van der Waals surface area (Å²) in [5.74, 6) is 1.72. The number of hydrogen-bond donors (Lipinski definition) is 1. The molecule has 0 amide bonds. The number of ether oxygens (including phenoxy) is 2. The fourth-order valence-corrected chi connectivity index (χ4v) is 2.72. The molecule has 0 radical (unpaired) electrons. The molecule has 0 saturated heterocycles. The van der Waals surface area contributed by atoms with Crippen LogP contribution in [-0.4, -0.2) is 44.3 Å². The lowest BCUT2D eigenvalue weighted by Crippen LogP contribution is -2.38. The van der Waals surface area contributed by atoms with E-state index in [1.807, 2.05) is 13.1 Å². The van der Waals surface area contributed by atoms with Crippen molar-refractivity contribution in [3.63, 3.8) is 0 Å². The summed E-state index contributed by atoms with van der Waals surface area (Å²) in [5.41, 5.74) is 1.25. The minimum absolute atomic E-state index is 0.301. The van der Waals surface area contributed by atoms with Crippen molar-refractivity contribution in [2.24, 2.45) is 0 Å². The van der Waals surface area contributed by atoms with Gasteiger partial charge >= 0.3 is 0 Å². The Labute approximate surface area is 128 Å². The highest BCUT2D eigenvalue weighted by Crippen LogP contribution is 2.32. The van der Waals surface area contributed by atoms with Crippen molar-refractivity contribution in [1.29, 1.82) is 0 Å². The van der Waals surface area contributed by atoms with Crippen molar-refractivity contribution in [3.05, 3.63) is 23.8 Å². The Bertz CT molecular complexity index is 448. The molecule has 4 heteroatoms. The molecule has 0 aromatic heterocycles. The van der Waals surface area contributed by atoms with E-state index in [0.717, 1.165) is 24.6 Å². The zero-order valence-electron chi connectivity index (χ0n) is 13.7. The summed E-state index contributed by atoms with van der Waals surface area (Å²) in [6.45, 7) is 10.1. The summed E-state index contributed by atoms with van der Waals surface area (Å²) < 4.78 is 11.3. The predicted molar refractivity (Wildman–Crippen MR) is 86.2 cm³/mol. The second-order valence-electron chi connectivity index (χ2n) is 5.83. The first-order valence-corrected chi connectivity index (χ1v) is 7.96. The predicted octanol–water partition coefficient (Wildman–Crippen LogP) is 2.84. The molecule has 1 aromatic carbocycles. The van der Waals surface area contributed by atoms with Crippen molar-refractivity contribution < 1.29 is 9.47 Å². The highest BCUT2D eigenvalue weighted by Gasteiger charge is 2.19. The molecule has 0 fully saturated rings. The van der Waals surface area contributed by atoms with Crippen LogP contribution in [0.3, 0.4) is 0 Å². The molecule has 0 spiro atoms. The number of benzene rings is 1. The maximum Gasteiger partial charge on any atom is 0.161 e. The molecule has 0 aliphatic carbocycles. The Morgan fingerprint density at radius 2 is 1.90 bits per heavy atom. The SMILES string of the molecule is CCCN(CC(NC)c1ccc2c(c1)OCCO2)C(C)C. The van der Waals surface area contributed by atoms with Gasteiger partial charge in [0.05, 0.1) is 0 Å². The van der Waals surface area contributed by atoms with Crippen molar-refractivity contribution in [3.8, 4) is 11.5 Å². The number of rotatable bonds is 7. The van der Waals surface area contributed by atoms with E-state index in [9.17, 15) is 0 Å². The van der Waals surface area contributed by atoms with Gasteiger partial charge in [0.2, 0.25) is 0 Å². The van der Waals surface area contributed by atoms with Gasteiger partial charge < -0.3 is 14.8 Å². The van der Waals surface area contributed by atoms with Gasteiger partial charge in [-0.1, -0.05) is 13.0 Å². The van der Waals surface area contributed by atoms with Gasteiger partial charge in [-0.3, -0.25) is 4.90 Å². The van der Waals surface area contributed by atoms with Gasteiger partial charge in [0.1, 0.15) is 13.2 Å². The summed E-state index contributed by atoms with van der Waals surface area (Å²) >= 11 is 0. The molecule has 1 heterocycles. The lowest BCUT2D eigenvalue weighted by Gasteiger charge is -2.31. The van der Waals surface area contributed by atoms with E-state index in [0.29, 0.717) is 25.3 Å². The minimum atomic E-state index is 0.301. The highest BCUT2D eigenvalue weighted by molar-refractivity contribution is 5.44. The minimum Gasteiger partial charge on any atom is -0.486 e. The maximum atomic E-state index is 5.69. The highest BCUT2D eigenvalue weighted by atomic mass is 16.6. The number of nitrogens with zero attached hydrogens (tertiary/aromatic N) is 1. The third kappa shape index (κ3) is 4.11. The monoisotopic (exact) mass is 292 g/mol. The zero-order chi connectivity index (χ0) is 15.2. The molecule has 1 aliphatic heterocycles. The van der Waals surface area contributed by atoms with Crippen LogP contribution >= 0.6 is 0 Å². The number of likely N-dealkylation sites (N-methyl/N-ethyl adjacent to an activating group) is 1. The number of nitrogens with one attached hydrogen (secondary N) is 1. The normalized spacial score (nSPS) is 15.5. The largest absolute Gasteiger partial charge is 0.486 e. The van der Waals surface area contributed by atoms with Crippen molar-refractivity contribution in [2.45, 2.75) is 39.3 Å². The van der Waals surface area contributed by atoms with Crippen LogP contribution < -0.4 is 14.8 Å². The summed E-state index contributed by atoms with van der Waals surface area (Å²) in [4.78, 5) is 2.51. The van der Waals surface area contributed by atoms with Crippen LogP contribution in [0.1, 0.15) is 38.8 Å². The maximum absolute atomic E-state index is 5.69. The van der Waals surface area contributed by atoms with Crippen LogP contribution in [0.25, 0.3) is 0 Å². The molecule has 0 saturated carbocycles. The van der Waals surface area contributed by atoms with Gasteiger partial charge in [0.15, 0.2) is 11.5 Å². The van der Waals surface area contributed by atoms with Crippen LogP contribution in [-0.2, 0) is 0 Å². The Morgan fingerprint density at radius 3 is 2.52 bits per heavy atom. The van der Waals surface area contributed by atoms with Crippen LogP contribution in [0.5, 0.6) is 11.5 Å². The van der Waals surface area contributed by atoms with Crippen LogP contribution in [0, 0.1) is 0 Å². The lowest BCUT2D eigenvalue weighted by atomic mass is 10.0. The van der Waals surface area contributed by atoms with Crippen molar-refractivity contribution in [1.82, 2.24) is 10.2 Å². The van der Waals surface area contributed by atoms with Gasteiger partial charge in [-0.2, -0.15) is 0 Å². The van der Waals surface area contributed by atoms with Crippen LogP contribution in [0.2, 0.25) is 0 Å². The first-order chi connectivity index (χ1) is 10.2. The molecule has 2 rings (SSSR count). The number of hydrogen-bond acceptors (Lipinski definition) is 4. The average molecular weight is 292 g/mol. The third-order valence-electron chi connectivity index (χ3n) is 3.98. The van der Waals surface area contributed by atoms with E-state index >= 15 is 0 Å². The Kier molecular flexibility index (Phi) is 5.88. The molecule has 0 bridgehead atoms. The molecule has 4 nitrogen and oxygen atoms in total. The summed E-state index contributed by atoms with van der Waals surface area (Å²) in [6, 6.07) is 7.13. The fourth-order valence-electron chi connectivity index (χ4n) is 2.72. The molecular weight excluding hydrogens is 264 g/mol. The lowest BCUT2D eigenvalue weighted by molar-refractivity contribution is 0.170. The topological polar surface area (TPSA) is 33.7 Å². The second kappa shape index (κ2) is 7.66. The molecule has 1 N–H and O–H groups in total. The Hall–Kier alpha value is -1.26. The van der Waals surface area contributed by atoms with E-state index in [1.54, 1.807) is 0 Å². The zero-order valence-corrected chi connectivity index (χ0v) is 13.7. The van der Waals surface area contributed by atoms with E-state index in [1.165, 1.54) is 12.0 Å². The second-order valence-corrected chi connectivity index (χ2v) is 5.83. The molecule has 1 unspecified atom stereocenters.